The summed E-state index contributed by atoms with van der Waals surface area (Å²) in [6.07, 6.45) is 0. The van der Waals surface area contributed by atoms with Gasteiger partial charge in [0, 0.05) is 23.2 Å². The fourth-order valence-electron chi connectivity index (χ4n) is 2.43. The van der Waals surface area contributed by atoms with Gasteiger partial charge in [0.25, 0.3) is 5.91 Å². The molecule has 2 aromatic rings. The van der Waals surface area contributed by atoms with E-state index in [1.54, 1.807) is 0 Å². The van der Waals surface area contributed by atoms with Crippen molar-refractivity contribution in [2.24, 2.45) is 0 Å². The average Bonchev–Trinajstić information content (AvgIpc) is 2.60. The maximum Gasteiger partial charge on any atom is 0.321 e. The van der Waals surface area contributed by atoms with Gasteiger partial charge in [-0.1, -0.05) is 54.1 Å². The molecule has 2 aromatic carbocycles. The van der Waals surface area contributed by atoms with E-state index in [2.05, 4.69) is 10.6 Å². The van der Waals surface area contributed by atoms with Gasteiger partial charge in [0.05, 0.1) is 0 Å². The number of quaternary nitrogens is 1. The van der Waals surface area contributed by atoms with Crippen LogP contribution in [0.2, 0.25) is 5.02 Å². The Morgan fingerprint density at radius 1 is 1.00 bits per heavy atom. The van der Waals surface area contributed by atoms with Crippen molar-refractivity contribution in [1.29, 1.82) is 0 Å². The van der Waals surface area contributed by atoms with Gasteiger partial charge in [0.15, 0.2) is 6.04 Å². The molecule has 0 saturated heterocycles. The molecule has 3 amide bonds. The van der Waals surface area contributed by atoms with Gasteiger partial charge < -0.3 is 10.6 Å². The predicted octanol–water partition coefficient (Wildman–Crippen LogP) is 2.16. The van der Waals surface area contributed by atoms with Crippen LogP contribution in [-0.4, -0.2) is 19.0 Å². The third-order valence-corrected chi connectivity index (χ3v) is 4.03. The van der Waals surface area contributed by atoms with E-state index in [1.807, 2.05) is 66.8 Å². The molecule has 0 heterocycles. The van der Waals surface area contributed by atoms with Crippen LogP contribution in [0.5, 0.6) is 0 Å². The minimum absolute atomic E-state index is 0.0166. The van der Waals surface area contributed by atoms with Gasteiger partial charge in [-0.25, -0.2) is 4.79 Å². The second kappa shape index (κ2) is 8.47. The molecule has 0 saturated carbocycles. The molecule has 2 atom stereocenters. The monoisotopic (exact) mass is 346 g/mol. The first-order valence-electron chi connectivity index (χ1n) is 7.69. The molecule has 5 nitrogen and oxygen atoms in total. The number of urea groups is 1. The summed E-state index contributed by atoms with van der Waals surface area (Å²) in [6, 6.07) is 15.9. The van der Waals surface area contributed by atoms with E-state index in [9.17, 15) is 9.59 Å². The van der Waals surface area contributed by atoms with E-state index < -0.39 is 12.1 Å². The zero-order valence-corrected chi connectivity index (χ0v) is 14.4. The molecule has 126 valence electrons. The number of hydrogen-bond donors (Lipinski definition) is 3. The number of imide groups is 1. The molecule has 6 heteroatoms. The summed E-state index contributed by atoms with van der Waals surface area (Å²) in [6.45, 7) is 2.01. The minimum Gasteiger partial charge on any atom is -0.341 e. The van der Waals surface area contributed by atoms with Gasteiger partial charge in [-0.05, 0) is 19.1 Å². The Hall–Kier alpha value is -2.37. The number of hydrogen-bond acceptors (Lipinski definition) is 2. The topological polar surface area (TPSA) is 74.8 Å². The lowest BCUT2D eigenvalue weighted by Gasteiger charge is -2.20. The smallest absolute Gasteiger partial charge is 0.321 e. The second-order valence-corrected chi connectivity index (χ2v) is 5.93. The maximum absolute atomic E-state index is 12.5. The number of benzene rings is 2. The average molecular weight is 347 g/mol. The summed E-state index contributed by atoms with van der Waals surface area (Å²) in [5.74, 6) is -0.360. The quantitative estimate of drug-likeness (QED) is 0.776. The van der Waals surface area contributed by atoms with Crippen molar-refractivity contribution in [3.8, 4) is 0 Å². The molecule has 0 unspecified atom stereocenters. The Balaban J connectivity index is 2.20. The summed E-state index contributed by atoms with van der Waals surface area (Å²) in [5, 5.41) is 7.34. The molecule has 0 bridgehead atoms. The largest absolute Gasteiger partial charge is 0.341 e. The number of carbonyl (C=O) groups excluding carboxylic acids is 2. The number of nitrogens with one attached hydrogen (secondary N) is 2. The van der Waals surface area contributed by atoms with Crippen molar-refractivity contribution in [1.82, 2.24) is 10.6 Å². The van der Waals surface area contributed by atoms with E-state index in [0.29, 0.717) is 5.02 Å². The van der Waals surface area contributed by atoms with Gasteiger partial charge in [0.2, 0.25) is 0 Å². The second-order valence-electron chi connectivity index (χ2n) is 5.49. The van der Waals surface area contributed by atoms with Crippen LogP contribution in [-0.2, 0) is 4.79 Å². The lowest BCUT2D eigenvalue weighted by molar-refractivity contribution is -0.719. The van der Waals surface area contributed by atoms with E-state index in [0.717, 1.165) is 11.1 Å². The van der Waals surface area contributed by atoms with Crippen LogP contribution in [0.3, 0.4) is 0 Å². The third kappa shape index (κ3) is 4.81. The summed E-state index contributed by atoms with van der Waals surface area (Å²) < 4.78 is 0. The van der Waals surface area contributed by atoms with Crippen molar-refractivity contribution in [3.05, 3.63) is 70.7 Å². The highest BCUT2D eigenvalue weighted by atomic mass is 35.5. The Morgan fingerprint density at radius 3 is 2.21 bits per heavy atom. The first-order chi connectivity index (χ1) is 11.5. The minimum atomic E-state index is -0.533. The van der Waals surface area contributed by atoms with Gasteiger partial charge in [-0.2, -0.15) is 0 Å². The Kier molecular flexibility index (Phi) is 6.35. The van der Waals surface area contributed by atoms with Crippen LogP contribution in [0.1, 0.15) is 30.1 Å². The SMILES string of the molecule is CNC(=O)NC(=O)[C@@H]([NH2+][C@H](C)c1ccc(Cl)cc1)c1ccccc1. The molecule has 0 radical (unpaired) electrons. The molecular weight excluding hydrogens is 326 g/mol. The molecule has 0 fully saturated rings. The number of rotatable bonds is 5. The van der Waals surface area contributed by atoms with Crippen LogP contribution in [0.4, 0.5) is 4.79 Å². The van der Waals surface area contributed by atoms with E-state index in [4.69, 9.17) is 11.6 Å². The number of halogens is 1. The van der Waals surface area contributed by atoms with Crippen molar-refractivity contribution in [3.63, 3.8) is 0 Å². The highest BCUT2D eigenvalue weighted by Crippen LogP contribution is 2.16. The lowest BCUT2D eigenvalue weighted by Crippen LogP contribution is -2.88. The molecule has 0 aliphatic heterocycles. The van der Waals surface area contributed by atoms with Crippen LogP contribution >= 0.6 is 11.6 Å². The highest BCUT2D eigenvalue weighted by molar-refractivity contribution is 6.30. The lowest BCUT2D eigenvalue weighted by atomic mass is 10.0. The standard InChI is InChI=1S/C18H20ClN3O2/c1-12(13-8-10-15(19)11-9-13)21-16(14-6-4-3-5-7-14)17(23)22-18(24)20-2/h3-12,16,21H,1-2H3,(H2,20,22,23,24)/p+1/t12-,16+/m1/s1. The molecular formula is C18H21ClN3O2+. The van der Waals surface area contributed by atoms with Gasteiger partial charge in [-0.15, -0.1) is 0 Å². The first-order valence-corrected chi connectivity index (χ1v) is 8.07. The Labute approximate surface area is 146 Å². The first kappa shape index (κ1) is 18.0. The molecule has 0 aromatic heterocycles. The van der Waals surface area contributed by atoms with Crippen LogP contribution < -0.4 is 16.0 Å². The normalized spacial score (nSPS) is 13.0. The van der Waals surface area contributed by atoms with E-state index >= 15 is 0 Å². The highest BCUT2D eigenvalue weighted by Gasteiger charge is 2.28. The molecule has 24 heavy (non-hydrogen) atoms. The van der Waals surface area contributed by atoms with Crippen molar-refractivity contribution in [2.45, 2.75) is 19.0 Å². The van der Waals surface area contributed by atoms with Gasteiger partial charge in [0.1, 0.15) is 6.04 Å². The summed E-state index contributed by atoms with van der Waals surface area (Å²) in [5.41, 5.74) is 1.88. The zero-order chi connectivity index (χ0) is 17.5. The maximum atomic E-state index is 12.5. The Bertz CT molecular complexity index is 689. The zero-order valence-electron chi connectivity index (χ0n) is 13.6. The third-order valence-electron chi connectivity index (χ3n) is 3.78. The number of carbonyl (C=O) groups is 2. The fraction of sp³-hybridized carbons (Fsp3) is 0.222. The fourth-order valence-corrected chi connectivity index (χ4v) is 2.55. The predicted molar refractivity (Wildman–Crippen MR) is 93.6 cm³/mol. The summed E-state index contributed by atoms with van der Waals surface area (Å²) in [4.78, 5) is 24.0. The molecule has 0 aliphatic rings. The van der Waals surface area contributed by atoms with Crippen LogP contribution in [0.25, 0.3) is 0 Å². The van der Waals surface area contributed by atoms with Crippen molar-refractivity contribution < 1.29 is 14.9 Å². The van der Waals surface area contributed by atoms with Crippen molar-refractivity contribution in [2.75, 3.05) is 7.05 Å². The molecule has 2 rings (SSSR count). The van der Waals surface area contributed by atoms with Crippen LogP contribution in [0, 0.1) is 0 Å². The molecule has 0 spiro atoms. The Morgan fingerprint density at radius 2 is 1.62 bits per heavy atom. The summed E-state index contributed by atoms with van der Waals surface area (Å²) >= 11 is 5.92. The number of amides is 3. The van der Waals surface area contributed by atoms with Gasteiger partial charge in [-0.3, -0.25) is 10.1 Å². The molecule has 0 aliphatic carbocycles. The number of nitrogens with two attached hydrogens (primary N) is 1. The van der Waals surface area contributed by atoms with Gasteiger partial charge >= 0.3 is 6.03 Å². The summed E-state index contributed by atoms with van der Waals surface area (Å²) in [7, 11) is 1.47. The van der Waals surface area contributed by atoms with Crippen LogP contribution in [0.15, 0.2) is 54.6 Å². The van der Waals surface area contributed by atoms with Crippen molar-refractivity contribution >= 4 is 23.5 Å². The van der Waals surface area contributed by atoms with E-state index in [-0.39, 0.29) is 11.9 Å². The molecule has 4 N–H and O–H groups in total. The van der Waals surface area contributed by atoms with E-state index in [1.165, 1.54) is 7.05 Å².